The van der Waals surface area contributed by atoms with Gasteiger partial charge in [-0.2, -0.15) is 0 Å². The van der Waals surface area contributed by atoms with Crippen LogP contribution in [0.3, 0.4) is 0 Å². The summed E-state index contributed by atoms with van der Waals surface area (Å²) in [5, 5.41) is 2.85. The van der Waals surface area contributed by atoms with Gasteiger partial charge in [-0.3, -0.25) is 4.79 Å². The molecule has 1 aliphatic heterocycles. The van der Waals surface area contributed by atoms with Gasteiger partial charge >= 0.3 is 0 Å². The molecule has 0 bridgehead atoms. The van der Waals surface area contributed by atoms with Gasteiger partial charge < -0.3 is 10.2 Å². The minimum absolute atomic E-state index is 0.0877. The van der Waals surface area contributed by atoms with Crippen LogP contribution in [0.1, 0.15) is 18.4 Å². The number of hydrogen-bond donors (Lipinski definition) is 1. The second-order valence-corrected chi connectivity index (χ2v) is 7.37. The summed E-state index contributed by atoms with van der Waals surface area (Å²) in [5.41, 5.74) is 2.94. The zero-order valence-electron chi connectivity index (χ0n) is 16.3. The molecule has 3 aromatic rings. The monoisotopic (exact) mass is 390 g/mol. The van der Waals surface area contributed by atoms with E-state index >= 15 is 0 Å². The average molecular weight is 390 g/mol. The molecule has 0 spiro atoms. The lowest BCUT2D eigenvalue weighted by atomic mass is 9.97. The van der Waals surface area contributed by atoms with Crippen molar-refractivity contribution < 1.29 is 9.18 Å². The first-order chi connectivity index (χ1) is 14.1. The molecule has 4 rings (SSSR count). The normalized spacial score (nSPS) is 16.5. The molecular formula is C23H23FN4O. The van der Waals surface area contributed by atoms with E-state index < -0.39 is 0 Å². The van der Waals surface area contributed by atoms with Crippen LogP contribution in [0, 0.1) is 18.7 Å². The van der Waals surface area contributed by atoms with Crippen molar-refractivity contribution in [3.05, 3.63) is 72.3 Å². The number of piperidine rings is 1. The van der Waals surface area contributed by atoms with E-state index in [9.17, 15) is 9.18 Å². The molecule has 0 aliphatic carbocycles. The van der Waals surface area contributed by atoms with Crippen molar-refractivity contribution in [2.45, 2.75) is 19.8 Å². The molecule has 1 amide bonds. The van der Waals surface area contributed by atoms with Crippen molar-refractivity contribution in [3.8, 4) is 11.3 Å². The third kappa shape index (κ3) is 4.42. The maximum absolute atomic E-state index is 13.8. The quantitative estimate of drug-likeness (QED) is 0.715. The van der Waals surface area contributed by atoms with Gasteiger partial charge in [-0.25, -0.2) is 14.4 Å². The van der Waals surface area contributed by atoms with Crippen molar-refractivity contribution in [2.24, 2.45) is 5.92 Å². The molecular weight excluding hydrogens is 367 g/mol. The second kappa shape index (κ2) is 8.39. The summed E-state index contributed by atoms with van der Waals surface area (Å²) in [6.45, 7) is 3.12. The summed E-state index contributed by atoms with van der Waals surface area (Å²) in [6, 6.07) is 16.7. The Labute approximate surface area is 169 Å². The number of rotatable bonds is 4. The SMILES string of the molecule is Cc1ccc(NC(=O)C2CCCN(c3cc(-c4ccccc4)ncn3)C2)cc1F. The zero-order chi connectivity index (χ0) is 20.2. The molecule has 6 heteroatoms. The van der Waals surface area contributed by atoms with E-state index in [0.717, 1.165) is 36.5 Å². The largest absolute Gasteiger partial charge is 0.356 e. The predicted molar refractivity (Wildman–Crippen MR) is 112 cm³/mol. The summed E-state index contributed by atoms with van der Waals surface area (Å²) in [5.74, 6) is 0.235. The molecule has 1 atom stereocenters. The molecule has 1 saturated heterocycles. The van der Waals surface area contributed by atoms with Crippen molar-refractivity contribution in [1.29, 1.82) is 0 Å². The van der Waals surface area contributed by atoms with Crippen molar-refractivity contribution >= 4 is 17.4 Å². The van der Waals surface area contributed by atoms with Crippen LogP contribution in [-0.2, 0) is 4.79 Å². The molecule has 0 saturated carbocycles. The molecule has 148 valence electrons. The van der Waals surface area contributed by atoms with Gasteiger partial charge in [-0.1, -0.05) is 36.4 Å². The highest BCUT2D eigenvalue weighted by atomic mass is 19.1. The Morgan fingerprint density at radius 2 is 1.97 bits per heavy atom. The lowest BCUT2D eigenvalue weighted by Gasteiger charge is -2.33. The fraction of sp³-hybridized carbons (Fsp3) is 0.261. The topological polar surface area (TPSA) is 58.1 Å². The summed E-state index contributed by atoms with van der Waals surface area (Å²) < 4.78 is 13.8. The number of benzene rings is 2. The second-order valence-electron chi connectivity index (χ2n) is 7.37. The Hall–Kier alpha value is -3.28. The minimum atomic E-state index is -0.317. The van der Waals surface area contributed by atoms with Crippen molar-refractivity contribution in [3.63, 3.8) is 0 Å². The highest BCUT2D eigenvalue weighted by Gasteiger charge is 2.27. The van der Waals surface area contributed by atoms with Crippen LogP contribution < -0.4 is 10.2 Å². The van der Waals surface area contributed by atoms with Crippen LogP contribution in [-0.4, -0.2) is 29.0 Å². The highest BCUT2D eigenvalue weighted by molar-refractivity contribution is 5.93. The zero-order valence-corrected chi connectivity index (χ0v) is 16.3. The van der Waals surface area contributed by atoms with Gasteiger partial charge in [0.05, 0.1) is 11.6 Å². The minimum Gasteiger partial charge on any atom is -0.356 e. The number of anilines is 2. The standard InChI is InChI=1S/C23H23FN4O/c1-16-9-10-19(12-20(16)24)27-23(29)18-8-5-11-28(14-18)22-13-21(25-15-26-22)17-6-3-2-4-7-17/h2-4,6-7,9-10,12-13,15,18H,5,8,11,14H2,1H3,(H,27,29). The summed E-state index contributed by atoms with van der Waals surface area (Å²) >= 11 is 0. The first-order valence-electron chi connectivity index (χ1n) is 9.79. The van der Waals surface area contributed by atoms with Gasteiger partial charge in [0.1, 0.15) is 18.0 Å². The van der Waals surface area contributed by atoms with Crippen LogP contribution in [0.5, 0.6) is 0 Å². The Balaban J connectivity index is 1.47. The van der Waals surface area contributed by atoms with Gasteiger partial charge in [0, 0.05) is 30.4 Å². The number of halogens is 1. The van der Waals surface area contributed by atoms with Gasteiger partial charge in [-0.05, 0) is 37.5 Å². The van der Waals surface area contributed by atoms with Crippen LogP contribution >= 0.6 is 0 Å². The predicted octanol–water partition coefficient (Wildman–Crippen LogP) is 4.45. The van der Waals surface area contributed by atoms with Crippen LogP contribution in [0.25, 0.3) is 11.3 Å². The molecule has 1 aliphatic rings. The molecule has 1 N–H and O–H groups in total. The van der Waals surface area contributed by atoms with E-state index in [2.05, 4.69) is 20.2 Å². The molecule has 1 unspecified atom stereocenters. The molecule has 2 aromatic carbocycles. The average Bonchev–Trinajstić information content (AvgIpc) is 2.77. The number of nitrogens with one attached hydrogen (secondary N) is 1. The molecule has 2 heterocycles. The molecule has 1 fully saturated rings. The maximum Gasteiger partial charge on any atom is 0.229 e. The summed E-state index contributed by atoms with van der Waals surface area (Å²) in [7, 11) is 0. The molecule has 5 nitrogen and oxygen atoms in total. The smallest absolute Gasteiger partial charge is 0.229 e. The Morgan fingerprint density at radius 1 is 1.14 bits per heavy atom. The van der Waals surface area contributed by atoms with Gasteiger partial charge in [-0.15, -0.1) is 0 Å². The maximum atomic E-state index is 13.8. The summed E-state index contributed by atoms with van der Waals surface area (Å²) in [4.78, 5) is 23.7. The summed E-state index contributed by atoms with van der Waals surface area (Å²) in [6.07, 6.45) is 3.26. The van der Waals surface area contributed by atoms with Gasteiger partial charge in [0.2, 0.25) is 5.91 Å². The lowest BCUT2D eigenvalue weighted by Crippen LogP contribution is -2.41. The number of hydrogen-bond acceptors (Lipinski definition) is 4. The van der Waals surface area contributed by atoms with Crippen LogP contribution in [0.2, 0.25) is 0 Å². The number of aryl methyl sites for hydroxylation is 1. The lowest BCUT2D eigenvalue weighted by molar-refractivity contribution is -0.120. The first-order valence-corrected chi connectivity index (χ1v) is 9.79. The van der Waals surface area contributed by atoms with E-state index in [1.807, 2.05) is 36.4 Å². The number of nitrogens with zero attached hydrogens (tertiary/aromatic N) is 3. The number of carbonyl (C=O) groups excluding carboxylic acids is 1. The van der Waals surface area contributed by atoms with E-state index in [4.69, 9.17) is 0 Å². The van der Waals surface area contributed by atoms with Crippen molar-refractivity contribution in [2.75, 3.05) is 23.3 Å². The van der Waals surface area contributed by atoms with E-state index in [-0.39, 0.29) is 17.6 Å². The molecule has 0 radical (unpaired) electrons. The third-order valence-corrected chi connectivity index (χ3v) is 5.28. The Bertz CT molecular complexity index is 1010. The number of amides is 1. The van der Waals surface area contributed by atoms with Crippen molar-refractivity contribution in [1.82, 2.24) is 9.97 Å². The fourth-order valence-electron chi connectivity index (χ4n) is 3.60. The highest BCUT2D eigenvalue weighted by Crippen LogP contribution is 2.26. The van der Waals surface area contributed by atoms with Gasteiger partial charge in [0.25, 0.3) is 0 Å². The number of aromatic nitrogens is 2. The van der Waals surface area contributed by atoms with E-state index in [0.29, 0.717) is 17.8 Å². The van der Waals surface area contributed by atoms with Crippen LogP contribution in [0.4, 0.5) is 15.9 Å². The first kappa shape index (κ1) is 19.1. The Kier molecular flexibility index (Phi) is 5.51. The van der Waals surface area contributed by atoms with E-state index in [1.165, 1.54) is 6.07 Å². The van der Waals surface area contributed by atoms with Gasteiger partial charge in [0.15, 0.2) is 0 Å². The molecule has 29 heavy (non-hydrogen) atoms. The molecule has 1 aromatic heterocycles. The van der Waals surface area contributed by atoms with Crippen LogP contribution in [0.15, 0.2) is 60.9 Å². The van der Waals surface area contributed by atoms with E-state index in [1.54, 1.807) is 25.4 Å². The fourth-order valence-corrected chi connectivity index (χ4v) is 3.60. The Morgan fingerprint density at radius 3 is 2.76 bits per heavy atom. The number of carbonyl (C=O) groups is 1. The third-order valence-electron chi connectivity index (χ3n) is 5.28.